The number of carboxylic acid groups (broad SMARTS) is 1. The Balaban J connectivity index is 0. The van der Waals surface area contributed by atoms with Crippen LogP contribution in [0.1, 0.15) is 0 Å². The molecule has 1 radical (unpaired) electrons. The molecule has 0 bridgehead atoms. The van der Waals surface area contributed by atoms with Gasteiger partial charge >= 0.3 is 5.97 Å². The van der Waals surface area contributed by atoms with Crippen LogP contribution < -0.4 is 0 Å². The minimum atomic E-state index is -2.29. The van der Waals surface area contributed by atoms with Crippen molar-refractivity contribution in [1.29, 1.82) is 0 Å². The number of hydrogen-bond acceptors (Lipinski definition) is 7. The first-order chi connectivity index (χ1) is 6.82. The smallest absolute Gasteiger partial charge is 0.335 e. The molecular formula is C7H14KO8. The number of rotatable bonds is 6. The molecule has 0 aliphatic rings. The van der Waals surface area contributed by atoms with Crippen molar-refractivity contribution in [2.75, 3.05) is 6.61 Å². The van der Waals surface area contributed by atoms with E-state index in [-0.39, 0.29) is 51.4 Å². The molecule has 0 aromatic rings. The third-order valence-electron chi connectivity index (χ3n) is 1.86. The SMILES string of the molecule is O=C(O)C(O)[C@H](O)[C@@H](O)[C@H](O)[C@H](O)CO.[K]. The summed E-state index contributed by atoms with van der Waals surface area (Å²) in [6.45, 7) is -0.881. The van der Waals surface area contributed by atoms with Crippen LogP contribution in [0.5, 0.6) is 0 Å². The Hall–Kier alpha value is 0.866. The van der Waals surface area contributed by atoms with E-state index < -0.39 is 43.1 Å². The first-order valence-corrected chi connectivity index (χ1v) is 4.07. The minimum Gasteiger partial charge on any atom is -0.479 e. The van der Waals surface area contributed by atoms with E-state index in [0.717, 1.165) is 0 Å². The zero-order valence-corrected chi connectivity index (χ0v) is 11.8. The summed E-state index contributed by atoms with van der Waals surface area (Å²) in [6, 6.07) is 0. The third kappa shape index (κ3) is 5.47. The van der Waals surface area contributed by atoms with Gasteiger partial charge in [-0.1, -0.05) is 0 Å². The first kappa shape index (κ1) is 19.2. The van der Waals surface area contributed by atoms with Crippen molar-refractivity contribution in [3.8, 4) is 0 Å². The molecule has 0 spiro atoms. The van der Waals surface area contributed by atoms with Gasteiger partial charge in [0.05, 0.1) is 6.61 Å². The van der Waals surface area contributed by atoms with Gasteiger partial charge in [-0.2, -0.15) is 0 Å². The van der Waals surface area contributed by atoms with Crippen LogP contribution in [0.3, 0.4) is 0 Å². The largest absolute Gasteiger partial charge is 0.479 e. The summed E-state index contributed by atoms with van der Waals surface area (Å²) in [5, 5.41) is 61.5. The molecule has 91 valence electrons. The molecule has 0 saturated carbocycles. The Morgan fingerprint density at radius 2 is 1.38 bits per heavy atom. The quantitative estimate of drug-likeness (QED) is 0.237. The summed E-state index contributed by atoms with van der Waals surface area (Å²) in [7, 11) is 0. The summed E-state index contributed by atoms with van der Waals surface area (Å²) >= 11 is 0. The molecule has 0 aliphatic carbocycles. The first-order valence-electron chi connectivity index (χ1n) is 4.07. The zero-order valence-electron chi connectivity index (χ0n) is 8.63. The van der Waals surface area contributed by atoms with Crippen molar-refractivity contribution in [1.82, 2.24) is 0 Å². The normalized spacial score (nSPS) is 20.1. The van der Waals surface area contributed by atoms with E-state index in [1.165, 1.54) is 0 Å². The molecule has 0 rings (SSSR count). The summed E-state index contributed by atoms with van der Waals surface area (Å²) in [5.74, 6) is -1.78. The maximum atomic E-state index is 10.2. The van der Waals surface area contributed by atoms with Gasteiger partial charge in [0.1, 0.15) is 24.4 Å². The molecule has 1 unspecified atom stereocenters. The van der Waals surface area contributed by atoms with Crippen LogP contribution >= 0.6 is 0 Å². The maximum absolute atomic E-state index is 10.2. The van der Waals surface area contributed by atoms with E-state index in [1.54, 1.807) is 0 Å². The number of aliphatic carboxylic acids is 1. The van der Waals surface area contributed by atoms with Gasteiger partial charge in [0.25, 0.3) is 0 Å². The fourth-order valence-electron chi connectivity index (χ4n) is 0.870. The Morgan fingerprint density at radius 3 is 1.69 bits per heavy atom. The Bertz CT molecular complexity index is 213. The molecule has 9 heteroatoms. The van der Waals surface area contributed by atoms with Gasteiger partial charge in [-0.05, 0) is 0 Å². The van der Waals surface area contributed by atoms with Crippen LogP contribution in [0.2, 0.25) is 0 Å². The van der Waals surface area contributed by atoms with Crippen molar-refractivity contribution in [3.63, 3.8) is 0 Å². The molecule has 0 aromatic heterocycles. The molecule has 0 heterocycles. The van der Waals surface area contributed by atoms with Gasteiger partial charge in [0, 0.05) is 51.4 Å². The second kappa shape index (κ2) is 8.88. The molecule has 0 aliphatic heterocycles. The van der Waals surface area contributed by atoms with E-state index in [0.29, 0.717) is 0 Å². The van der Waals surface area contributed by atoms with E-state index >= 15 is 0 Å². The zero-order chi connectivity index (χ0) is 12.2. The van der Waals surface area contributed by atoms with E-state index in [2.05, 4.69) is 0 Å². The van der Waals surface area contributed by atoms with Crippen molar-refractivity contribution < 1.29 is 40.5 Å². The second-order valence-corrected chi connectivity index (χ2v) is 3.00. The molecule has 0 saturated heterocycles. The van der Waals surface area contributed by atoms with Crippen LogP contribution in [0.15, 0.2) is 0 Å². The molecule has 8 nitrogen and oxygen atoms in total. The molecule has 0 amide bonds. The number of carboxylic acids is 1. The van der Waals surface area contributed by atoms with Crippen LogP contribution in [0.4, 0.5) is 0 Å². The molecule has 16 heavy (non-hydrogen) atoms. The Morgan fingerprint density at radius 1 is 0.938 bits per heavy atom. The van der Waals surface area contributed by atoms with Crippen molar-refractivity contribution in [3.05, 3.63) is 0 Å². The molecule has 5 atom stereocenters. The maximum Gasteiger partial charge on any atom is 0.335 e. The summed E-state index contributed by atoms with van der Waals surface area (Å²) < 4.78 is 0. The Kier molecular flexibility index (Phi) is 10.7. The second-order valence-electron chi connectivity index (χ2n) is 3.00. The van der Waals surface area contributed by atoms with Crippen molar-refractivity contribution >= 4 is 57.4 Å². The number of aliphatic hydroxyl groups is 6. The molecule has 0 fully saturated rings. The third-order valence-corrected chi connectivity index (χ3v) is 1.86. The fraction of sp³-hybridized carbons (Fsp3) is 0.857. The summed E-state index contributed by atoms with van der Waals surface area (Å²) in [6.07, 6.45) is -10.2. The van der Waals surface area contributed by atoms with Crippen molar-refractivity contribution in [2.24, 2.45) is 0 Å². The van der Waals surface area contributed by atoms with Gasteiger partial charge in [0.15, 0.2) is 6.10 Å². The average Bonchev–Trinajstić information content (AvgIpc) is 2.23. The minimum absolute atomic E-state index is 0. The van der Waals surface area contributed by atoms with Crippen LogP contribution in [-0.2, 0) is 4.79 Å². The number of aliphatic hydroxyl groups excluding tert-OH is 6. The van der Waals surface area contributed by atoms with Crippen LogP contribution in [0.25, 0.3) is 0 Å². The van der Waals surface area contributed by atoms with Crippen LogP contribution in [-0.4, -0.2) is 130 Å². The van der Waals surface area contributed by atoms with Crippen molar-refractivity contribution in [2.45, 2.75) is 30.5 Å². The van der Waals surface area contributed by atoms with E-state index in [9.17, 15) is 4.79 Å². The van der Waals surface area contributed by atoms with Gasteiger partial charge < -0.3 is 35.7 Å². The van der Waals surface area contributed by atoms with Gasteiger partial charge in [-0.25, -0.2) is 4.79 Å². The predicted molar refractivity (Wildman–Crippen MR) is 50.5 cm³/mol. The monoisotopic (exact) mass is 265 g/mol. The van der Waals surface area contributed by atoms with Gasteiger partial charge in [-0.3, -0.25) is 0 Å². The topological polar surface area (TPSA) is 159 Å². The predicted octanol–water partition coefficient (Wildman–Crippen LogP) is -4.51. The Labute approximate surface area is 134 Å². The van der Waals surface area contributed by atoms with Gasteiger partial charge in [0.2, 0.25) is 0 Å². The molecular weight excluding hydrogens is 251 g/mol. The van der Waals surface area contributed by atoms with E-state index in [4.69, 9.17) is 35.7 Å². The van der Waals surface area contributed by atoms with Crippen LogP contribution in [0, 0.1) is 0 Å². The molecule has 0 aromatic carbocycles. The number of hydrogen-bond donors (Lipinski definition) is 7. The average molecular weight is 265 g/mol. The van der Waals surface area contributed by atoms with Gasteiger partial charge in [-0.15, -0.1) is 0 Å². The standard InChI is InChI=1S/C7H14O8.K/c8-1-2(9)3(10)4(11)5(12)6(13)7(14)15;/h2-6,8-13H,1H2,(H,14,15);/t2-,3-,4+,5-,6?;/m1./s1. The molecule has 7 N–H and O–H groups in total. The summed E-state index contributed by atoms with van der Waals surface area (Å²) in [5.41, 5.74) is 0. The van der Waals surface area contributed by atoms with E-state index in [1.807, 2.05) is 0 Å². The number of carbonyl (C=O) groups is 1. The summed E-state index contributed by atoms with van der Waals surface area (Å²) in [4.78, 5) is 10.2. The fourth-order valence-corrected chi connectivity index (χ4v) is 0.870.